The average molecular weight is 374 g/mol. The standard InChI is InChI=1S/C15H16BrN7/c1-22(15-20-9-11(16)10-21-15)12-2-6-23(7-3-12)14-13(8-17)18-4-5-19-14/h4-5,9-10,12H,2-3,6-7H2,1H3. The Morgan fingerprint density at radius 3 is 2.48 bits per heavy atom. The number of nitriles is 1. The minimum atomic E-state index is 0.370. The van der Waals surface area contributed by atoms with E-state index in [0.717, 1.165) is 36.4 Å². The van der Waals surface area contributed by atoms with Gasteiger partial charge in [-0.1, -0.05) is 0 Å². The molecule has 0 atom stereocenters. The molecule has 2 aromatic rings. The second-order valence-corrected chi connectivity index (χ2v) is 6.29. The summed E-state index contributed by atoms with van der Waals surface area (Å²) in [5, 5.41) is 9.15. The lowest BCUT2D eigenvalue weighted by Crippen LogP contribution is -2.44. The van der Waals surface area contributed by atoms with E-state index in [1.807, 2.05) is 7.05 Å². The van der Waals surface area contributed by atoms with Crippen LogP contribution in [0.3, 0.4) is 0 Å². The lowest BCUT2D eigenvalue weighted by molar-refractivity contribution is 0.475. The van der Waals surface area contributed by atoms with Crippen molar-refractivity contribution in [1.82, 2.24) is 19.9 Å². The first-order valence-corrected chi connectivity index (χ1v) is 8.15. The molecule has 1 fully saturated rings. The van der Waals surface area contributed by atoms with Gasteiger partial charge in [0, 0.05) is 51.0 Å². The molecule has 118 valence electrons. The Morgan fingerprint density at radius 2 is 1.83 bits per heavy atom. The summed E-state index contributed by atoms with van der Waals surface area (Å²) in [5.74, 6) is 1.40. The lowest BCUT2D eigenvalue weighted by atomic mass is 10.0. The van der Waals surface area contributed by atoms with Gasteiger partial charge in [-0.2, -0.15) is 5.26 Å². The van der Waals surface area contributed by atoms with E-state index in [9.17, 15) is 0 Å². The van der Waals surface area contributed by atoms with Crippen LogP contribution in [-0.2, 0) is 0 Å². The first-order valence-electron chi connectivity index (χ1n) is 7.35. The van der Waals surface area contributed by atoms with Gasteiger partial charge in [0.1, 0.15) is 6.07 Å². The Morgan fingerprint density at radius 1 is 1.17 bits per heavy atom. The van der Waals surface area contributed by atoms with E-state index in [4.69, 9.17) is 5.26 Å². The van der Waals surface area contributed by atoms with E-state index in [2.05, 4.69) is 51.7 Å². The molecular formula is C15H16BrN7. The molecular weight excluding hydrogens is 358 g/mol. The van der Waals surface area contributed by atoms with Crippen molar-refractivity contribution in [3.63, 3.8) is 0 Å². The largest absolute Gasteiger partial charge is 0.354 e. The van der Waals surface area contributed by atoms with Crippen LogP contribution >= 0.6 is 15.9 Å². The van der Waals surface area contributed by atoms with Gasteiger partial charge < -0.3 is 9.80 Å². The maximum atomic E-state index is 9.15. The van der Waals surface area contributed by atoms with Crippen LogP contribution in [0.25, 0.3) is 0 Å². The zero-order valence-electron chi connectivity index (χ0n) is 12.7. The molecule has 8 heteroatoms. The van der Waals surface area contributed by atoms with Crippen molar-refractivity contribution in [3.8, 4) is 6.07 Å². The van der Waals surface area contributed by atoms with Crippen molar-refractivity contribution < 1.29 is 0 Å². The van der Waals surface area contributed by atoms with Crippen molar-refractivity contribution in [2.75, 3.05) is 29.9 Å². The number of piperidine rings is 1. The fourth-order valence-corrected chi connectivity index (χ4v) is 2.96. The Bertz CT molecular complexity index is 705. The average Bonchev–Trinajstić information content (AvgIpc) is 2.62. The highest BCUT2D eigenvalue weighted by molar-refractivity contribution is 9.10. The number of hydrogen-bond acceptors (Lipinski definition) is 7. The summed E-state index contributed by atoms with van der Waals surface area (Å²) < 4.78 is 0.871. The Kier molecular flexibility index (Phi) is 4.67. The normalized spacial score (nSPS) is 15.3. The molecule has 0 aliphatic carbocycles. The summed E-state index contributed by atoms with van der Waals surface area (Å²) in [4.78, 5) is 21.3. The molecule has 1 aliphatic rings. The molecule has 3 heterocycles. The molecule has 0 unspecified atom stereocenters. The summed E-state index contributed by atoms with van der Waals surface area (Å²) in [6, 6.07) is 2.48. The first kappa shape index (κ1) is 15.6. The van der Waals surface area contributed by atoms with E-state index in [1.54, 1.807) is 24.8 Å². The topological polar surface area (TPSA) is 81.8 Å². The van der Waals surface area contributed by atoms with Crippen LogP contribution in [0.4, 0.5) is 11.8 Å². The number of hydrogen-bond donors (Lipinski definition) is 0. The highest BCUT2D eigenvalue weighted by Crippen LogP contribution is 2.24. The molecule has 0 aromatic carbocycles. The monoisotopic (exact) mass is 373 g/mol. The van der Waals surface area contributed by atoms with Gasteiger partial charge in [0.25, 0.3) is 0 Å². The summed E-state index contributed by atoms with van der Waals surface area (Å²) in [7, 11) is 2.02. The molecule has 1 saturated heterocycles. The number of anilines is 2. The lowest BCUT2D eigenvalue weighted by Gasteiger charge is -2.37. The van der Waals surface area contributed by atoms with Crippen molar-refractivity contribution >= 4 is 27.7 Å². The molecule has 1 aliphatic heterocycles. The summed E-state index contributed by atoms with van der Waals surface area (Å²) in [6.07, 6.45) is 8.60. The van der Waals surface area contributed by atoms with E-state index in [-0.39, 0.29) is 0 Å². The quantitative estimate of drug-likeness (QED) is 0.813. The van der Waals surface area contributed by atoms with Gasteiger partial charge in [0.05, 0.1) is 4.47 Å². The smallest absolute Gasteiger partial charge is 0.225 e. The van der Waals surface area contributed by atoms with Gasteiger partial charge in [0.15, 0.2) is 11.5 Å². The molecule has 7 nitrogen and oxygen atoms in total. The van der Waals surface area contributed by atoms with Gasteiger partial charge in [0.2, 0.25) is 5.95 Å². The van der Waals surface area contributed by atoms with Crippen molar-refractivity contribution in [1.29, 1.82) is 5.26 Å². The van der Waals surface area contributed by atoms with Crippen LogP contribution in [0, 0.1) is 11.3 Å². The Labute approximate surface area is 143 Å². The SMILES string of the molecule is CN(c1ncc(Br)cn1)C1CCN(c2nccnc2C#N)CC1. The predicted octanol–water partition coefficient (Wildman–Crippen LogP) is 2.01. The predicted molar refractivity (Wildman–Crippen MR) is 90.1 cm³/mol. The van der Waals surface area contributed by atoms with Gasteiger partial charge in [-0.25, -0.2) is 19.9 Å². The Balaban J connectivity index is 1.66. The van der Waals surface area contributed by atoms with Crippen LogP contribution in [0.1, 0.15) is 18.5 Å². The van der Waals surface area contributed by atoms with Crippen LogP contribution < -0.4 is 9.80 Å². The third kappa shape index (κ3) is 3.40. The summed E-state index contributed by atoms with van der Waals surface area (Å²) >= 11 is 3.35. The third-order valence-electron chi connectivity index (χ3n) is 4.02. The number of nitrogens with zero attached hydrogens (tertiary/aromatic N) is 7. The molecule has 0 amide bonds. The molecule has 0 spiro atoms. The van der Waals surface area contributed by atoms with E-state index >= 15 is 0 Å². The van der Waals surface area contributed by atoms with E-state index in [0.29, 0.717) is 17.6 Å². The number of aromatic nitrogens is 4. The maximum absolute atomic E-state index is 9.15. The van der Waals surface area contributed by atoms with Crippen LogP contribution in [0.2, 0.25) is 0 Å². The molecule has 2 aromatic heterocycles. The van der Waals surface area contributed by atoms with Crippen LogP contribution in [-0.4, -0.2) is 46.1 Å². The fraction of sp³-hybridized carbons (Fsp3) is 0.400. The third-order valence-corrected chi connectivity index (χ3v) is 4.43. The zero-order valence-corrected chi connectivity index (χ0v) is 14.3. The van der Waals surface area contributed by atoms with Crippen molar-refractivity contribution in [2.24, 2.45) is 0 Å². The van der Waals surface area contributed by atoms with E-state index < -0.39 is 0 Å². The van der Waals surface area contributed by atoms with Gasteiger partial charge in [-0.3, -0.25) is 0 Å². The molecule has 3 rings (SSSR count). The minimum Gasteiger partial charge on any atom is -0.354 e. The number of rotatable bonds is 3. The van der Waals surface area contributed by atoms with Gasteiger partial charge in [-0.15, -0.1) is 0 Å². The van der Waals surface area contributed by atoms with Gasteiger partial charge >= 0.3 is 0 Å². The number of halogens is 1. The summed E-state index contributed by atoms with van der Waals surface area (Å²) in [5.41, 5.74) is 0.385. The second kappa shape index (κ2) is 6.87. The maximum Gasteiger partial charge on any atom is 0.225 e. The molecule has 0 N–H and O–H groups in total. The zero-order chi connectivity index (χ0) is 16.2. The van der Waals surface area contributed by atoms with Crippen molar-refractivity contribution in [2.45, 2.75) is 18.9 Å². The second-order valence-electron chi connectivity index (χ2n) is 5.37. The highest BCUT2D eigenvalue weighted by atomic mass is 79.9. The van der Waals surface area contributed by atoms with E-state index in [1.165, 1.54) is 0 Å². The van der Waals surface area contributed by atoms with Crippen LogP contribution in [0.5, 0.6) is 0 Å². The van der Waals surface area contributed by atoms with Crippen molar-refractivity contribution in [3.05, 3.63) is 35.0 Å². The Hall–Kier alpha value is -2.27. The fourth-order valence-electron chi connectivity index (χ4n) is 2.76. The first-order chi connectivity index (χ1) is 11.2. The van der Waals surface area contributed by atoms with Crippen LogP contribution in [0.15, 0.2) is 29.3 Å². The molecule has 23 heavy (non-hydrogen) atoms. The minimum absolute atomic E-state index is 0.370. The molecule has 0 saturated carbocycles. The molecule has 0 bridgehead atoms. The summed E-state index contributed by atoms with van der Waals surface area (Å²) in [6.45, 7) is 1.66. The highest BCUT2D eigenvalue weighted by Gasteiger charge is 2.26. The van der Waals surface area contributed by atoms with Gasteiger partial charge in [-0.05, 0) is 28.8 Å². The molecule has 0 radical (unpaired) electrons.